The molecule has 18 heavy (non-hydrogen) atoms. The highest BCUT2D eigenvalue weighted by molar-refractivity contribution is 6.04. The fourth-order valence-corrected chi connectivity index (χ4v) is 2.47. The van der Waals surface area contributed by atoms with Crippen molar-refractivity contribution >= 4 is 5.78 Å². The van der Waals surface area contributed by atoms with Crippen molar-refractivity contribution in [3.05, 3.63) is 33.9 Å². The predicted molar refractivity (Wildman–Crippen MR) is 70.1 cm³/mol. The van der Waals surface area contributed by atoms with Gasteiger partial charge in [0.05, 0.1) is 19.8 Å². The Hall–Kier alpha value is -1.19. The van der Waals surface area contributed by atoms with Crippen LogP contribution in [-0.2, 0) is 4.74 Å². The second kappa shape index (κ2) is 4.48. The maximum atomic E-state index is 12.7. The lowest BCUT2D eigenvalue weighted by molar-refractivity contribution is -0.109. The molecule has 1 aromatic rings. The van der Waals surface area contributed by atoms with Crippen LogP contribution >= 0.6 is 0 Å². The summed E-state index contributed by atoms with van der Waals surface area (Å²) in [6.45, 7) is 8.49. The average molecular weight is 248 g/mol. The third-order valence-corrected chi connectivity index (χ3v) is 4.13. The Labute approximate surface area is 108 Å². The third-order valence-electron chi connectivity index (χ3n) is 4.13. The third kappa shape index (κ3) is 1.78. The smallest absolute Gasteiger partial charge is 0.176 e. The number of hydrogen-bond donors (Lipinski definition) is 1. The molecule has 0 atom stereocenters. The van der Waals surface area contributed by atoms with Gasteiger partial charge >= 0.3 is 0 Å². The lowest BCUT2D eigenvalue weighted by Gasteiger charge is -2.39. The average Bonchev–Trinajstić information content (AvgIpc) is 2.26. The lowest BCUT2D eigenvalue weighted by Crippen LogP contribution is -2.52. The lowest BCUT2D eigenvalue weighted by atomic mass is 9.76. The molecule has 1 saturated heterocycles. The normalized spacial score (nSPS) is 17.4. The highest BCUT2D eigenvalue weighted by Crippen LogP contribution is 2.34. The van der Waals surface area contributed by atoms with Gasteiger partial charge in [0.25, 0.3) is 0 Å². The van der Waals surface area contributed by atoms with Gasteiger partial charge in [-0.05, 0) is 49.9 Å². The molecule has 0 amide bonds. The van der Waals surface area contributed by atoms with Gasteiger partial charge in [0.2, 0.25) is 0 Å². The van der Waals surface area contributed by atoms with Gasteiger partial charge in [-0.1, -0.05) is 6.07 Å². The zero-order chi connectivity index (χ0) is 13.5. The molecule has 0 saturated carbocycles. The molecule has 0 unspecified atom stereocenters. The molecule has 0 radical (unpaired) electrons. The van der Waals surface area contributed by atoms with E-state index in [4.69, 9.17) is 4.74 Å². The first kappa shape index (κ1) is 13.2. The van der Waals surface area contributed by atoms with E-state index in [0.29, 0.717) is 13.2 Å². The minimum Gasteiger partial charge on any atom is -0.395 e. The molecule has 1 heterocycles. The van der Waals surface area contributed by atoms with Crippen molar-refractivity contribution in [2.75, 3.05) is 19.8 Å². The Morgan fingerprint density at radius 2 is 1.72 bits per heavy atom. The van der Waals surface area contributed by atoms with Crippen molar-refractivity contribution in [1.29, 1.82) is 0 Å². The summed E-state index contributed by atoms with van der Waals surface area (Å²) in [4.78, 5) is 12.7. The number of aryl methyl sites for hydroxylation is 2. The Morgan fingerprint density at radius 3 is 2.06 bits per heavy atom. The molecule has 0 aromatic heterocycles. The molecule has 0 bridgehead atoms. The van der Waals surface area contributed by atoms with Gasteiger partial charge in [-0.3, -0.25) is 4.79 Å². The van der Waals surface area contributed by atoms with Gasteiger partial charge in [0.1, 0.15) is 5.41 Å². The molecule has 0 aliphatic carbocycles. The van der Waals surface area contributed by atoms with Gasteiger partial charge in [0.15, 0.2) is 5.78 Å². The number of hydrogen-bond acceptors (Lipinski definition) is 3. The maximum Gasteiger partial charge on any atom is 0.176 e. The van der Waals surface area contributed by atoms with Crippen LogP contribution in [-0.4, -0.2) is 30.7 Å². The number of rotatable bonds is 3. The maximum absolute atomic E-state index is 12.7. The summed E-state index contributed by atoms with van der Waals surface area (Å²) in [6, 6.07) is 2.10. The molecule has 1 N–H and O–H groups in total. The van der Waals surface area contributed by atoms with Gasteiger partial charge in [-0.25, -0.2) is 0 Å². The first-order valence-corrected chi connectivity index (χ1v) is 6.24. The van der Waals surface area contributed by atoms with Crippen LogP contribution in [0.1, 0.15) is 32.6 Å². The van der Waals surface area contributed by atoms with Crippen molar-refractivity contribution in [3.8, 4) is 0 Å². The number of carbonyl (C=O) groups excluding carboxylic acids is 1. The predicted octanol–water partition coefficient (Wildman–Crippen LogP) is 2.11. The van der Waals surface area contributed by atoms with Crippen LogP contribution in [0.5, 0.6) is 0 Å². The quantitative estimate of drug-likeness (QED) is 0.833. The SMILES string of the molecule is Cc1cc(C)c(C)c(C(=O)C2(CO)COC2)c1C. The van der Waals surface area contributed by atoms with Crippen molar-refractivity contribution in [2.24, 2.45) is 5.41 Å². The zero-order valence-electron chi connectivity index (χ0n) is 11.5. The van der Waals surface area contributed by atoms with Crippen LogP contribution in [0.4, 0.5) is 0 Å². The van der Waals surface area contributed by atoms with Crippen LogP contribution in [0.2, 0.25) is 0 Å². The molecule has 1 fully saturated rings. The van der Waals surface area contributed by atoms with E-state index in [9.17, 15) is 9.90 Å². The van der Waals surface area contributed by atoms with Crippen LogP contribution in [0, 0.1) is 33.1 Å². The van der Waals surface area contributed by atoms with Crippen LogP contribution in [0.25, 0.3) is 0 Å². The first-order valence-electron chi connectivity index (χ1n) is 6.24. The molecule has 1 aromatic carbocycles. The molecular weight excluding hydrogens is 228 g/mol. The molecule has 1 aliphatic heterocycles. The molecule has 2 rings (SSSR count). The largest absolute Gasteiger partial charge is 0.395 e. The van der Waals surface area contributed by atoms with E-state index in [1.165, 1.54) is 0 Å². The van der Waals surface area contributed by atoms with Crippen molar-refractivity contribution in [1.82, 2.24) is 0 Å². The van der Waals surface area contributed by atoms with E-state index < -0.39 is 5.41 Å². The van der Waals surface area contributed by atoms with E-state index in [1.807, 2.05) is 27.7 Å². The molecule has 0 spiro atoms. The second-order valence-electron chi connectivity index (χ2n) is 5.40. The second-order valence-corrected chi connectivity index (χ2v) is 5.40. The van der Waals surface area contributed by atoms with E-state index in [1.54, 1.807) is 0 Å². The summed E-state index contributed by atoms with van der Waals surface area (Å²) in [7, 11) is 0. The van der Waals surface area contributed by atoms with Crippen molar-refractivity contribution < 1.29 is 14.6 Å². The summed E-state index contributed by atoms with van der Waals surface area (Å²) >= 11 is 0. The standard InChI is InChI=1S/C15H20O3/c1-9-5-10(2)12(4)13(11(9)3)14(17)15(6-16)7-18-8-15/h5,16H,6-8H2,1-4H3. The van der Waals surface area contributed by atoms with Crippen LogP contribution in [0.15, 0.2) is 6.07 Å². The highest BCUT2D eigenvalue weighted by Gasteiger charge is 2.46. The number of aliphatic hydroxyl groups is 1. The molecule has 1 aliphatic rings. The first-order chi connectivity index (χ1) is 8.43. The highest BCUT2D eigenvalue weighted by atomic mass is 16.5. The molecule has 98 valence electrons. The number of benzene rings is 1. The van der Waals surface area contributed by atoms with Crippen LogP contribution < -0.4 is 0 Å². The fourth-order valence-electron chi connectivity index (χ4n) is 2.47. The number of ether oxygens (including phenoxy) is 1. The number of aliphatic hydroxyl groups excluding tert-OH is 1. The summed E-state index contributed by atoms with van der Waals surface area (Å²) < 4.78 is 5.13. The Morgan fingerprint density at radius 1 is 1.22 bits per heavy atom. The summed E-state index contributed by atoms with van der Waals surface area (Å²) in [5.74, 6) is 0.0260. The van der Waals surface area contributed by atoms with Crippen molar-refractivity contribution in [2.45, 2.75) is 27.7 Å². The zero-order valence-corrected chi connectivity index (χ0v) is 11.5. The van der Waals surface area contributed by atoms with Gasteiger partial charge in [-0.15, -0.1) is 0 Å². The summed E-state index contributed by atoms with van der Waals surface area (Å²) in [6.07, 6.45) is 0. The van der Waals surface area contributed by atoms with E-state index in [0.717, 1.165) is 27.8 Å². The fraction of sp³-hybridized carbons (Fsp3) is 0.533. The Kier molecular flexibility index (Phi) is 3.30. The molecular formula is C15H20O3. The van der Waals surface area contributed by atoms with E-state index >= 15 is 0 Å². The van der Waals surface area contributed by atoms with E-state index in [-0.39, 0.29) is 12.4 Å². The van der Waals surface area contributed by atoms with Crippen LogP contribution in [0.3, 0.4) is 0 Å². The minimum absolute atomic E-state index is 0.0260. The molecule has 3 nitrogen and oxygen atoms in total. The Bertz CT molecular complexity index is 467. The van der Waals surface area contributed by atoms with Gasteiger partial charge in [0, 0.05) is 5.56 Å². The number of ketones is 1. The van der Waals surface area contributed by atoms with Gasteiger partial charge in [-0.2, -0.15) is 0 Å². The molecule has 3 heteroatoms. The number of Topliss-reactive ketones (excluding diaryl/α,β-unsaturated/α-hetero) is 1. The van der Waals surface area contributed by atoms with Gasteiger partial charge < -0.3 is 9.84 Å². The monoisotopic (exact) mass is 248 g/mol. The number of carbonyl (C=O) groups is 1. The minimum atomic E-state index is -0.713. The summed E-state index contributed by atoms with van der Waals surface area (Å²) in [5, 5.41) is 9.49. The summed E-state index contributed by atoms with van der Waals surface area (Å²) in [5.41, 5.74) is 4.33. The Balaban J connectivity index is 2.54. The topological polar surface area (TPSA) is 46.5 Å². The van der Waals surface area contributed by atoms with E-state index in [2.05, 4.69) is 6.07 Å². The van der Waals surface area contributed by atoms with Crippen molar-refractivity contribution in [3.63, 3.8) is 0 Å².